The molecule has 6 heteroatoms. The van der Waals surface area contributed by atoms with Crippen LogP contribution >= 0.6 is 0 Å². The van der Waals surface area contributed by atoms with Crippen LogP contribution in [0.15, 0.2) is 54.6 Å². The van der Waals surface area contributed by atoms with Gasteiger partial charge in [0.25, 0.3) is 0 Å². The third kappa shape index (κ3) is 3.07. The topological polar surface area (TPSA) is 53.6 Å². The molecule has 5 nitrogen and oxygen atoms in total. The summed E-state index contributed by atoms with van der Waals surface area (Å²) >= 11 is 0. The number of nitrogens with zero attached hydrogens (tertiary/aromatic N) is 1. The molecule has 1 saturated heterocycles. The van der Waals surface area contributed by atoms with Crippen LogP contribution in [0.4, 0.5) is 11.4 Å². The zero-order valence-electron chi connectivity index (χ0n) is 15.8. The van der Waals surface area contributed by atoms with Crippen molar-refractivity contribution in [2.45, 2.75) is 12.2 Å². The highest BCUT2D eigenvalue weighted by Gasteiger charge is 2.25. The lowest BCUT2D eigenvalue weighted by atomic mass is 10.1. The smallest absolute Gasteiger partial charge is 0.151 e. The Balaban J connectivity index is 1.46. The molecule has 0 amide bonds. The van der Waals surface area contributed by atoms with E-state index in [1.54, 1.807) is 0 Å². The Morgan fingerprint density at radius 3 is 2.68 bits per heavy atom. The third-order valence-corrected chi connectivity index (χ3v) is 7.23. The molecule has 0 aromatic heterocycles. The third-order valence-electron chi connectivity index (χ3n) is 5.48. The van der Waals surface area contributed by atoms with E-state index in [1.807, 2.05) is 37.3 Å². The van der Waals surface area contributed by atoms with E-state index in [4.69, 9.17) is 4.74 Å². The molecule has 2 unspecified atom stereocenters. The zero-order chi connectivity index (χ0) is 19.1. The van der Waals surface area contributed by atoms with E-state index in [-0.39, 0.29) is 5.25 Å². The van der Waals surface area contributed by atoms with Crippen LogP contribution in [-0.4, -0.2) is 34.7 Å². The SMILES string of the molecule is CC(c1ccc2c(c1)Nc1c(ccc3ccccc13)O2)S(=O)N1CCNCC1. The van der Waals surface area contributed by atoms with Crippen molar-refractivity contribution in [3.05, 3.63) is 60.2 Å². The number of nitrogens with one attached hydrogen (secondary N) is 2. The number of hydrogen-bond acceptors (Lipinski definition) is 4. The second kappa shape index (κ2) is 7.20. The van der Waals surface area contributed by atoms with Gasteiger partial charge in [-0.05, 0) is 36.1 Å². The first kappa shape index (κ1) is 17.7. The second-order valence-electron chi connectivity index (χ2n) is 7.24. The summed E-state index contributed by atoms with van der Waals surface area (Å²) in [6.45, 7) is 5.46. The molecule has 0 spiro atoms. The Bertz CT molecular complexity index is 1060. The van der Waals surface area contributed by atoms with Gasteiger partial charge in [0.15, 0.2) is 11.5 Å². The van der Waals surface area contributed by atoms with Crippen LogP contribution in [-0.2, 0) is 11.0 Å². The van der Waals surface area contributed by atoms with E-state index >= 15 is 0 Å². The molecule has 0 radical (unpaired) electrons. The molecular formula is C22H23N3O2S. The van der Waals surface area contributed by atoms with E-state index in [0.29, 0.717) is 0 Å². The van der Waals surface area contributed by atoms with Crippen molar-refractivity contribution >= 4 is 33.1 Å². The molecule has 2 atom stereocenters. The lowest BCUT2D eigenvalue weighted by Crippen LogP contribution is -2.45. The Morgan fingerprint density at radius 2 is 1.82 bits per heavy atom. The van der Waals surface area contributed by atoms with Gasteiger partial charge in [-0.3, -0.25) is 0 Å². The molecule has 0 bridgehead atoms. The van der Waals surface area contributed by atoms with E-state index < -0.39 is 11.0 Å². The molecule has 2 heterocycles. The lowest BCUT2D eigenvalue weighted by molar-refractivity contribution is 0.378. The lowest BCUT2D eigenvalue weighted by Gasteiger charge is -2.29. The molecule has 0 aliphatic carbocycles. The summed E-state index contributed by atoms with van der Waals surface area (Å²) in [6.07, 6.45) is 0. The van der Waals surface area contributed by atoms with Gasteiger partial charge < -0.3 is 15.4 Å². The van der Waals surface area contributed by atoms with Crippen LogP contribution in [0.25, 0.3) is 10.8 Å². The number of fused-ring (bicyclic) bond motifs is 4. The highest BCUT2D eigenvalue weighted by Crippen LogP contribution is 2.46. The number of ether oxygens (including phenoxy) is 1. The van der Waals surface area contributed by atoms with E-state index in [1.165, 1.54) is 5.39 Å². The van der Waals surface area contributed by atoms with Crippen LogP contribution in [0.1, 0.15) is 17.7 Å². The van der Waals surface area contributed by atoms with Gasteiger partial charge in [-0.15, -0.1) is 0 Å². The van der Waals surface area contributed by atoms with Crippen molar-refractivity contribution < 1.29 is 8.95 Å². The van der Waals surface area contributed by atoms with Crippen molar-refractivity contribution in [3.8, 4) is 11.5 Å². The number of benzene rings is 3. The summed E-state index contributed by atoms with van der Waals surface area (Å²) in [7, 11) is -1.05. The first-order valence-corrected chi connectivity index (χ1v) is 10.8. The van der Waals surface area contributed by atoms with E-state index in [2.05, 4.69) is 39.2 Å². The van der Waals surface area contributed by atoms with E-state index in [9.17, 15) is 4.21 Å². The summed E-state index contributed by atoms with van der Waals surface area (Å²) in [5, 5.41) is 9.09. The molecule has 28 heavy (non-hydrogen) atoms. The number of hydrogen-bond donors (Lipinski definition) is 2. The summed E-state index contributed by atoms with van der Waals surface area (Å²) in [6, 6.07) is 18.4. The van der Waals surface area contributed by atoms with Gasteiger partial charge >= 0.3 is 0 Å². The summed E-state index contributed by atoms with van der Waals surface area (Å²) in [5.74, 6) is 1.63. The first-order valence-electron chi connectivity index (χ1n) is 9.67. The van der Waals surface area contributed by atoms with Gasteiger partial charge in [0, 0.05) is 31.6 Å². The largest absolute Gasteiger partial charge is 0.453 e. The maximum Gasteiger partial charge on any atom is 0.151 e. The summed E-state index contributed by atoms with van der Waals surface area (Å²) < 4.78 is 21.2. The molecule has 2 N–H and O–H groups in total. The Labute approximate surface area is 167 Å². The van der Waals surface area contributed by atoms with Gasteiger partial charge in [-0.2, -0.15) is 0 Å². The van der Waals surface area contributed by atoms with Crippen LogP contribution in [0.3, 0.4) is 0 Å². The molecule has 0 saturated carbocycles. The summed E-state index contributed by atoms with van der Waals surface area (Å²) in [4.78, 5) is 0. The first-order chi connectivity index (χ1) is 13.7. The minimum absolute atomic E-state index is 0.0703. The fourth-order valence-corrected chi connectivity index (χ4v) is 5.24. The highest BCUT2D eigenvalue weighted by molar-refractivity contribution is 7.82. The van der Waals surface area contributed by atoms with Gasteiger partial charge in [0.1, 0.15) is 11.0 Å². The predicted octanol–water partition coefficient (Wildman–Crippen LogP) is 4.32. The summed E-state index contributed by atoms with van der Waals surface area (Å²) in [5.41, 5.74) is 2.96. The second-order valence-corrected chi connectivity index (χ2v) is 9.02. The van der Waals surface area contributed by atoms with Crippen molar-refractivity contribution in [3.63, 3.8) is 0 Å². The molecule has 5 rings (SSSR count). The normalized spacial score (nSPS) is 18.5. The fourth-order valence-electron chi connectivity index (χ4n) is 3.87. The average molecular weight is 394 g/mol. The van der Waals surface area contributed by atoms with Gasteiger partial charge in [0.2, 0.25) is 0 Å². The molecule has 144 valence electrons. The molecule has 2 aliphatic heterocycles. The molecule has 3 aromatic rings. The molecule has 1 fully saturated rings. The van der Waals surface area contributed by atoms with Crippen molar-refractivity contribution in [1.82, 2.24) is 9.62 Å². The van der Waals surface area contributed by atoms with Gasteiger partial charge in [0.05, 0.1) is 16.6 Å². The Hall–Kier alpha value is -2.41. The Kier molecular flexibility index (Phi) is 4.55. The standard InChI is InChI=1S/C22H23N3O2S/c1-15(28(26)25-12-10-23-11-13-25)17-7-8-20-19(14-17)24-22-18-5-3-2-4-16(18)6-9-21(22)27-20/h2-9,14-15,23-24H,10-13H2,1H3. The monoisotopic (exact) mass is 393 g/mol. The number of rotatable bonds is 3. The van der Waals surface area contributed by atoms with Gasteiger partial charge in [-0.1, -0.05) is 36.4 Å². The minimum Gasteiger partial charge on any atom is -0.453 e. The van der Waals surface area contributed by atoms with Crippen molar-refractivity contribution in [2.24, 2.45) is 0 Å². The van der Waals surface area contributed by atoms with Crippen LogP contribution in [0, 0.1) is 0 Å². The predicted molar refractivity (Wildman–Crippen MR) is 115 cm³/mol. The quantitative estimate of drug-likeness (QED) is 0.544. The van der Waals surface area contributed by atoms with Gasteiger partial charge in [-0.25, -0.2) is 8.51 Å². The maximum atomic E-state index is 13.0. The average Bonchev–Trinajstić information content (AvgIpc) is 2.77. The van der Waals surface area contributed by atoms with E-state index in [0.717, 1.165) is 60.0 Å². The van der Waals surface area contributed by atoms with Crippen LogP contribution in [0.5, 0.6) is 11.5 Å². The minimum atomic E-state index is -1.05. The maximum absolute atomic E-state index is 13.0. The number of anilines is 2. The van der Waals surface area contributed by atoms with Crippen molar-refractivity contribution in [1.29, 1.82) is 0 Å². The fraction of sp³-hybridized carbons (Fsp3) is 0.273. The zero-order valence-corrected chi connectivity index (χ0v) is 16.6. The van der Waals surface area contributed by atoms with Crippen LogP contribution in [0.2, 0.25) is 0 Å². The molecular weight excluding hydrogens is 370 g/mol. The van der Waals surface area contributed by atoms with Crippen LogP contribution < -0.4 is 15.4 Å². The molecule has 2 aliphatic rings. The number of piperazine rings is 1. The molecule has 3 aromatic carbocycles. The van der Waals surface area contributed by atoms with Crippen molar-refractivity contribution in [2.75, 3.05) is 31.5 Å². The highest BCUT2D eigenvalue weighted by atomic mass is 32.2. The Morgan fingerprint density at radius 1 is 1.04 bits per heavy atom.